The summed E-state index contributed by atoms with van der Waals surface area (Å²) in [6.07, 6.45) is 8.90. The lowest BCUT2D eigenvalue weighted by atomic mass is 9.92. The molecule has 1 heterocycles. The van der Waals surface area contributed by atoms with Crippen LogP contribution in [0.2, 0.25) is 0 Å². The van der Waals surface area contributed by atoms with Gasteiger partial charge in [-0.1, -0.05) is 19.9 Å². The van der Waals surface area contributed by atoms with E-state index in [0.29, 0.717) is 42.8 Å². The van der Waals surface area contributed by atoms with Crippen LogP contribution < -0.4 is 0 Å². The van der Waals surface area contributed by atoms with Crippen molar-refractivity contribution >= 4 is 15.9 Å². The first-order chi connectivity index (χ1) is 14.4. The third kappa shape index (κ3) is 4.75. The predicted octanol–water partition coefficient (Wildman–Crippen LogP) is 4.00. The summed E-state index contributed by atoms with van der Waals surface area (Å²) in [4.78, 5) is 15.7. The lowest BCUT2D eigenvalue weighted by Crippen LogP contribution is -2.45. The molecule has 6 heteroatoms. The maximum atomic E-state index is 13.2. The summed E-state index contributed by atoms with van der Waals surface area (Å²) in [6, 6.07) is 6.09. The number of carbonyl (C=O) groups excluding carboxylic acids is 1. The molecule has 3 aliphatic rings. The molecule has 0 atom stereocenters. The van der Waals surface area contributed by atoms with Crippen LogP contribution in [0.15, 0.2) is 23.1 Å². The number of piperidine rings is 1. The highest BCUT2D eigenvalue weighted by molar-refractivity contribution is 7.89. The molecular formula is C24H36N2O3S. The lowest BCUT2D eigenvalue weighted by molar-refractivity contribution is -0.137. The van der Waals surface area contributed by atoms with Crippen LogP contribution in [-0.2, 0) is 27.7 Å². The topological polar surface area (TPSA) is 57.7 Å². The molecule has 1 aromatic rings. The average molecular weight is 433 g/mol. The van der Waals surface area contributed by atoms with Gasteiger partial charge in [0.2, 0.25) is 15.9 Å². The third-order valence-corrected chi connectivity index (χ3v) is 8.87. The molecule has 166 valence electrons. The van der Waals surface area contributed by atoms with Gasteiger partial charge in [0.1, 0.15) is 0 Å². The Hall–Kier alpha value is -1.40. The van der Waals surface area contributed by atoms with Crippen LogP contribution >= 0.6 is 0 Å². The summed E-state index contributed by atoms with van der Waals surface area (Å²) in [5.74, 6) is 0.805. The molecule has 2 fully saturated rings. The molecule has 2 aliphatic carbocycles. The number of sulfonamides is 1. The van der Waals surface area contributed by atoms with Crippen molar-refractivity contribution in [3.63, 3.8) is 0 Å². The standard InChI is InChI=1S/C24H36N2O3S/c1-18(2)11-16-26(22-8-9-22)24(27)20-12-14-25(15-13-20)30(28,29)23-10-7-19-5-3-4-6-21(19)17-23/h7,10,17-18,20,22H,3-6,8-9,11-16H2,1-2H3. The van der Waals surface area contributed by atoms with E-state index < -0.39 is 10.0 Å². The number of hydrogen-bond donors (Lipinski definition) is 0. The van der Waals surface area contributed by atoms with E-state index in [0.717, 1.165) is 45.1 Å². The van der Waals surface area contributed by atoms with Crippen LogP contribution in [0.5, 0.6) is 0 Å². The first-order valence-electron chi connectivity index (χ1n) is 11.8. The molecule has 4 rings (SSSR count). The van der Waals surface area contributed by atoms with Crippen LogP contribution in [0.25, 0.3) is 0 Å². The van der Waals surface area contributed by atoms with Gasteiger partial charge in [-0.25, -0.2) is 8.42 Å². The Labute approximate surface area is 181 Å². The Morgan fingerprint density at radius 3 is 2.37 bits per heavy atom. The number of amides is 1. The fraction of sp³-hybridized carbons (Fsp3) is 0.708. The van der Waals surface area contributed by atoms with Crippen LogP contribution in [0, 0.1) is 11.8 Å². The third-order valence-electron chi connectivity index (χ3n) is 6.98. The van der Waals surface area contributed by atoms with E-state index >= 15 is 0 Å². The van der Waals surface area contributed by atoms with Gasteiger partial charge in [0.05, 0.1) is 4.90 Å². The van der Waals surface area contributed by atoms with Gasteiger partial charge in [0.15, 0.2) is 0 Å². The molecule has 0 radical (unpaired) electrons. The van der Waals surface area contributed by atoms with E-state index in [2.05, 4.69) is 18.7 Å². The quantitative estimate of drug-likeness (QED) is 0.654. The average Bonchev–Trinajstić information content (AvgIpc) is 3.58. The number of aryl methyl sites for hydroxylation is 2. The number of fused-ring (bicyclic) bond motifs is 1. The minimum absolute atomic E-state index is 0.0345. The highest BCUT2D eigenvalue weighted by Gasteiger charge is 2.38. The molecule has 30 heavy (non-hydrogen) atoms. The summed E-state index contributed by atoms with van der Waals surface area (Å²) in [5.41, 5.74) is 2.49. The Bertz CT molecular complexity index is 868. The Balaban J connectivity index is 1.39. The van der Waals surface area contributed by atoms with Gasteiger partial charge in [0, 0.05) is 31.6 Å². The predicted molar refractivity (Wildman–Crippen MR) is 119 cm³/mol. The molecule has 1 aromatic carbocycles. The molecule has 0 unspecified atom stereocenters. The summed E-state index contributed by atoms with van der Waals surface area (Å²) in [7, 11) is -3.48. The number of nitrogens with zero attached hydrogens (tertiary/aromatic N) is 2. The van der Waals surface area contributed by atoms with Gasteiger partial charge in [-0.15, -0.1) is 0 Å². The summed E-state index contributed by atoms with van der Waals surface area (Å²) in [6.45, 7) is 6.12. The Kier molecular flexibility index (Phi) is 6.54. The summed E-state index contributed by atoms with van der Waals surface area (Å²) in [5, 5.41) is 0. The fourth-order valence-electron chi connectivity index (χ4n) is 4.85. The van der Waals surface area contributed by atoms with E-state index in [1.807, 2.05) is 12.1 Å². The highest BCUT2D eigenvalue weighted by Crippen LogP contribution is 2.32. The van der Waals surface area contributed by atoms with E-state index in [1.165, 1.54) is 17.5 Å². The van der Waals surface area contributed by atoms with Gasteiger partial charge >= 0.3 is 0 Å². The second-order valence-corrected chi connectivity index (χ2v) is 11.7. The van der Waals surface area contributed by atoms with Crippen molar-refractivity contribution in [3.8, 4) is 0 Å². The van der Waals surface area contributed by atoms with Crippen molar-refractivity contribution in [1.29, 1.82) is 0 Å². The Morgan fingerprint density at radius 2 is 1.73 bits per heavy atom. The molecule has 1 saturated carbocycles. The monoisotopic (exact) mass is 432 g/mol. The van der Waals surface area contributed by atoms with E-state index in [-0.39, 0.29) is 11.8 Å². The van der Waals surface area contributed by atoms with Crippen molar-refractivity contribution < 1.29 is 13.2 Å². The second kappa shape index (κ2) is 8.99. The number of carbonyl (C=O) groups is 1. The minimum atomic E-state index is -3.48. The van der Waals surface area contributed by atoms with Crippen LogP contribution in [0.1, 0.15) is 69.9 Å². The molecule has 0 bridgehead atoms. The highest BCUT2D eigenvalue weighted by atomic mass is 32.2. The zero-order valence-corrected chi connectivity index (χ0v) is 19.3. The van der Waals surface area contributed by atoms with Gasteiger partial charge in [-0.3, -0.25) is 4.79 Å². The molecular weight excluding hydrogens is 396 g/mol. The molecule has 1 saturated heterocycles. The van der Waals surface area contributed by atoms with Gasteiger partial charge in [-0.05, 0) is 87.0 Å². The van der Waals surface area contributed by atoms with Gasteiger partial charge in [-0.2, -0.15) is 4.31 Å². The number of rotatable bonds is 7. The van der Waals surface area contributed by atoms with Crippen LogP contribution in [0.4, 0.5) is 0 Å². The van der Waals surface area contributed by atoms with Crippen LogP contribution in [0.3, 0.4) is 0 Å². The Morgan fingerprint density at radius 1 is 1.07 bits per heavy atom. The summed E-state index contributed by atoms with van der Waals surface area (Å²) < 4.78 is 28.0. The van der Waals surface area contributed by atoms with Crippen molar-refractivity contribution in [2.75, 3.05) is 19.6 Å². The van der Waals surface area contributed by atoms with Gasteiger partial charge < -0.3 is 4.90 Å². The smallest absolute Gasteiger partial charge is 0.243 e. The van der Waals surface area contributed by atoms with E-state index in [1.54, 1.807) is 10.4 Å². The number of hydrogen-bond acceptors (Lipinski definition) is 3. The van der Waals surface area contributed by atoms with E-state index in [4.69, 9.17) is 0 Å². The molecule has 0 spiro atoms. The van der Waals surface area contributed by atoms with E-state index in [9.17, 15) is 13.2 Å². The zero-order chi connectivity index (χ0) is 21.3. The van der Waals surface area contributed by atoms with Crippen molar-refractivity contribution in [3.05, 3.63) is 29.3 Å². The first-order valence-corrected chi connectivity index (χ1v) is 13.2. The van der Waals surface area contributed by atoms with Crippen molar-refractivity contribution in [2.45, 2.75) is 82.6 Å². The zero-order valence-electron chi connectivity index (χ0n) is 18.5. The lowest BCUT2D eigenvalue weighted by Gasteiger charge is -2.34. The van der Waals surface area contributed by atoms with Crippen molar-refractivity contribution in [1.82, 2.24) is 9.21 Å². The largest absolute Gasteiger partial charge is 0.339 e. The van der Waals surface area contributed by atoms with Crippen LogP contribution in [-0.4, -0.2) is 49.2 Å². The summed E-state index contributed by atoms with van der Waals surface area (Å²) >= 11 is 0. The molecule has 1 aliphatic heterocycles. The first kappa shape index (κ1) is 21.8. The SMILES string of the molecule is CC(C)CCN(C(=O)C1CCN(S(=O)(=O)c2ccc3c(c2)CCCC3)CC1)C1CC1. The van der Waals surface area contributed by atoms with Gasteiger partial charge in [0.25, 0.3) is 0 Å². The molecule has 0 N–H and O–H groups in total. The maximum absolute atomic E-state index is 13.2. The fourth-order valence-corrected chi connectivity index (χ4v) is 6.37. The molecule has 1 amide bonds. The molecule has 5 nitrogen and oxygen atoms in total. The molecule has 0 aromatic heterocycles. The maximum Gasteiger partial charge on any atom is 0.243 e. The number of benzene rings is 1. The second-order valence-electron chi connectivity index (χ2n) is 9.76. The minimum Gasteiger partial charge on any atom is -0.339 e. The van der Waals surface area contributed by atoms with Crippen molar-refractivity contribution in [2.24, 2.45) is 11.8 Å². The normalized spacial score (nSPS) is 20.9.